The van der Waals surface area contributed by atoms with E-state index in [0.717, 1.165) is 11.3 Å². The molecule has 0 bridgehead atoms. The summed E-state index contributed by atoms with van der Waals surface area (Å²) in [5.41, 5.74) is 3.80. The summed E-state index contributed by atoms with van der Waals surface area (Å²) < 4.78 is 11.3. The molecular formula is C29H32ClNO5. The molecule has 0 amide bonds. The molecule has 36 heavy (non-hydrogen) atoms. The highest BCUT2D eigenvalue weighted by Gasteiger charge is 2.43. The molecule has 2 N–H and O–H groups in total. The number of dihydropyridines is 1. The maximum absolute atomic E-state index is 13.5. The molecule has 0 unspecified atom stereocenters. The number of nitrogens with one attached hydrogen (secondary N) is 1. The fraction of sp³-hybridized carbons (Fsp3) is 0.379. The summed E-state index contributed by atoms with van der Waals surface area (Å²) in [6.45, 7) is 8.27. The van der Waals surface area contributed by atoms with Crippen LogP contribution in [-0.4, -0.2) is 30.1 Å². The first-order valence-electron chi connectivity index (χ1n) is 12.2. The van der Waals surface area contributed by atoms with Crippen LogP contribution in [-0.2, 0) is 20.7 Å². The van der Waals surface area contributed by atoms with Crippen molar-refractivity contribution in [2.24, 2.45) is 5.41 Å². The monoisotopic (exact) mass is 509 g/mol. The highest BCUT2D eigenvalue weighted by atomic mass is 35.5. The highest BCUT2D eigenvalue weighted by Crippen LogP contribution is 2.49. The Morgan fingerprint density at radius 2 is 1.92 bits per heavy atom. The number of ketones is 1. The van der Waals surface area contributed by atoms with E-state index in [4.69, 9.17) is 21.1 Å². The van der Waals surface area contributed by atoms with Crippen LogP contribution in [0.3, 0.4) is 0 Å². The summed E-state index contributed by atoms with van der Waals surface area (Å²) >= 11 is 6.37. The van der Waals surface area contributed by atoms with E-state index in [2.05, 4.69) is 19.2 Å². The molecule has 0 radical (unpaired) electrons. The number of allylic oxidation sites excluding steroid dienone is 3. The third-order valence-electron chi connectivity index (χ3n) is 6.61. The lowest BCUT2D eigenvalue weighted by Gasteiger charge is -2.39. The minimum absolute atomic E-state index is 0.0250. The molecule has 4 rings (SSSR count). The van der Waals surface area contributed by atoms with Gasteiger partial charge in [-0.05, 0) is 48.9 Å². The molecular weight excluding hydrogens is 478 g/mol. The summed E-state index contributed by atoms with van der Waals surface area (Å²) in [6.07, 6.45) is 1.61. The number of hydrogen-bond acceptors (Lipinski definition) is 6. The number of halogens is 1. The number of rotatable bonds is 7. The molecule has 190 valence electrons. The van der Waals surface area contributed by atoms with Gasteiger partial charge in [-0.15, -0.1) is 0 Å². The molecule has 6 nitrogen and oxygen atoms in total. The van der Waals surface area contributed by atoms with Crippen molar-refractivity contribution in [3.63, 3.8) is 0 Å². The van der Waals surface area contributed by atoms with Crippen molar-refractivity contribution in [2.45, 2.75) is 52.9 Å². The molecule has 0 spiro atoms. The van der Waals surface area contributed by atoms with Gasteiger partial charge in [0.25, 0.3) is 0 Å². The number of hydrogen-bond donors (Lipinski definition) is 2. The van der Waals surface area contributed by atoms with E-state index in [1.54, 1.807) is 19.1 Å². The maximum atomic E-state index is 13.5. The summed E-state index contributed by atoms with van der Waals surface area (Å²) in [5, 5.41) is 13.8. The van der Waals surface area contributed by atoms with Gasteiger partial charge in [0.1, 0.15) is 0 Å². The van der Waals surface area contributed by atoms with Gasteiger partial charge in [0.15, 0.2) is 17.3 Å². The van der Waals surface area contributed by atoms with Crippen LogP contribution >= 0.6 is 11.6 Å². The molecule has 0 fully saturated rings. The molecule has 0 aromatic heterocycles. The number of aromatic hydroxyl groups is 1. The summed E-state index contributed by atoms with van der Waals surface area (Å²) in [7, 11) is 0. The van der Waals surface area contributed by atoms with Crippen LogP contribution in [0.15, 0.2) is 65.0 Å². The van der Waals surface area contributed by atoms with Gasteiger partial charge < -0.3 is 19.9 Å². The number of ether oxygens (including phenoxy) is 2. The lowest BCUT2D eigenvalue weighted by molar-refractivity contribution is -0.139. The largest absolute Gasteiger partial charge is 0.503 e. The SMILES string of the molecule is CCOc1cc([C@@H]2C(C(=O)OCCc3ccccc3)=C(C)NC3=C2C(=O)CC(C)(C)C3)cc(Cl)c1O. The summed E-state index contributed by atoms with van der Waals surface area (Å²) in [5.74, 6) is -1.17. The second-order valence-electron chi connectivity index (χ2n) is 10.1. The first-order chi connectivity index (χ1) is 17.1. The van der Waals surface area contributed by atoms with Gasteiger partial charge in [-0.3, -0.25) is 4.79 Å². The van der Waals surface area contributed by atoms with Crippen molar-refractivity contribution >= 4 is 23.4 Å². The van der Waals surface area contributed by atoms with E-state index in [1.165, 1.54) is 0 Å². The fourth-order valence-corrected chi connectivity index (χ4v) is 5.27. The van der Waals surface area contributed by atoms with E-state index < -0.39 is 11.9 Å². The van der Waals surface area contributed by atoms with E-state index in [-0.39, 0.29) is 34.3 Å². The minimum atomic E-state index is -0.689. The highest BCUT2D eigenvalue weighted by molar-refractivity contribution is 6.32. The van der Waals surface area contributed by atoms with Crippen molar-refractivity contribution in [1.82, 2.24) is 5.32 Å². The minimum Gasteiger partial charge on any atom is -0.503 e. The Morgan fingerprint density at radius 3 is 2.61 bits per heavy atom. The average Bonchev–Trinajstić information content (AvgIpc) is 2.81. The molecule has 1 aliphatic carbocycles. The number of carbonyl (C=O) groups excluding carboxylic acids is 2. The van der Waals surface area contributed by atoms with Gasteiger partial charge in [0.05, 0.1) is 23.8 Å². The number of phenols is 1. The zero-order valence-electron chi connectivity index (χ0n) is 21.1. The normalized spacial score (nSPS) is 19.0. The Bertz CT molecular complexity index is 1250. The van der Waals surface area contributed by atoms with Gasteiger partial charge in [-0.25, -0.2) is 4.79 Å². The van der Waals surface area contributed by atoms with Gasteiger partial charge in [-0.1, -0.05) is 55.8 Å². The van der Waals surface area contributed by atoms with Gasteiger partial charge in [0.2, 0.25) is 0 Å². The summed E-state index contributed by atoms with van der Waals surface area (Å²) in [6, 6.07) is 13.0. The quantitative estimate of drug-likeness (QED) is 0.456. The second kappa shape index (κ2) is 10.4. The van der Waals surface area contributed by atoms with Crippen molar-refractivity contribution in [3.05, 3.63) is 81.2 Å². The number of Topliss-reactive ketones (excluding diaryl/α,β-unsaturated/α-hetero) is 1. The van der Waals surface area contributed by atoms with E-state index in [9.17, 15) is 14.7 Å². The third kappa shape index (κ3) is 5.29. The smallest absolute Gasteiger partial charge is 0.336 e. The molecule has 0 saturated carbocycles. The maximum Gasteiger partial charge on any atom is 0.336 e. The standard InChI is InChI=1S/C29H32ClNO5/c1-5-35-23-14-19(13-20(30)27(23)33)25-24(28(34)36-12-11-18-9-7-6-8-10-18)17(2)31-21-15-29(3,4)16-22(32)26(21)25/h6-10,13-14,25,31,33H,5,11-12,15-16H2,1-4H3/t25-/m1/s1. The van der Waals surface area contributed by atoms with Gasteiger partial charge in [-0.2, -0.15) is 0 Å². The van der Waals surface area contributed by atoms with Crippen molar-refractivity contribution in [3.8, 4) is 11.5 Å². The third-order valence-corrected chi connectivity index (χ3v) is 6.90. The predicted molar refractivity (Wildman–Crippen MR) is 139 cm³/mol. The van der Waals surface area contributed by atoms with Crippen LogP contribution in [0.4, 0.5) is 0 Å². The zero-order chi connectivity index (χ0) is 26.0. The van der Waals surface area contributed by atoms with E-state index in [1.807, 2.05) is 37.3 Å². The Labute approximate surface area is 216 Å². The Balaban J connectivity index is 1.74. The van der Waals surface area contributed by atoms with E-state index in [0.29, 0.717) is 48.3 Å². The molecule has 1 aliphatic heterocycles. The fourth-order valence-electron chi connectivity index (χ4n) is 5.05. The summed E-state index contributed by atoms with van der Waals surface area (Å²) in [4.78, 5) is 27.0. The van der Waals surface area contributed by atoms with Gasteiger partial charge in [0, 0.05) is 35.7 Å². The van der Waals surface area contributed by atoms with Crippen LogP contribution in [0.25, 0.3) is 0 Å². The zero-order valence-corrected chi connectivity index (χ0v) is 21.9. The lowest BCUT2D eigenvalue weighted by Crippen LogP contribution is -2.38. The number of carbonyl (C=O) groups is 2. The predicted octanol–water partition coefficient (Wildman–Crippen LogP) is 5.83. The number of esters is 1. The van der Waals surface area contributed by atoms with Crippen molar-refractivity contribution in [1.29, 1.82) is 0 Å². The van der Waals surface area contributed by atoms with Crippen LogP contribution in [0, 0.1) is 5.41 Å². The van der Waals surface area contributed by atoms with E-state index >= 15 is 0 Å². The van der Waals surface area contributed by atoms with Crippen LogP contribution in [0.5, 0.6) is 11.5 Å². The molecule has 1 heterocycles. The second-order valence-corrected chi connectivity index (χ2v) is 10.5. The number of benzene rings is 2. The van der Waals surface area contributed by atoms with Crippen LogP contribution in [0.2, 0.25) is 5.02 Å². The van der Waals surface area contributed by atoms with Gasteiger partial charge >= 0.3 is 5.97 Å². The van der Waals surface area contributed by atoms with Crippen molar-refractivity contribution in [2.75, 3.05) is 13.2 Å². The first-order valence-corrected chi connectivity index (χ1v) is 12.6. The molecule has 1 atom stereocenters. The first kappa shape index (κ1) is 25.8. The molecule has 0 saturated heterocycles. The van der Waals surface area contributed by atoms with Crippen LogP contribution in [0.1, 0.15) is 57.6 Å². The molecule has 7 heteroatoms. The average molecular weight is 510 g/mol. The molecule has 2 aromatic carbocycles. The number of phenolic OH excluding ortho intramolecular Hbond substituents is 1. The molecule has 2 aromatic rings. The Kier molecular flexibility index (Phi) is 7.46. The Hall–Kier alpha value is -3.25. The topological polar surface area (TPSA) is 84.9 Å². The molecule has 2 aliphatic rings. The lowest BCUT2D eigenvalue weighted by atomic mass is 9.68. The van der Waals surface area contributed by atoms with Crippen LogP contribution < -0.4 is 10.1 Å². The van der Waals surface area contributed by atoms with Crippen molar-refractivity contribution < 1.29 is 24.2 Å². The Morgan fingerprint density at radius 1 is 1.19 bits per heavy atom.